The summed E-state index contributed by atoms with van der Waals surface area (Å²) >= 11 is 0. The molecule has 0 spiro atoms. The van der Waals surface area contributed by atoms with Gasteiger partial charge in [-0.05, 0) is 0 Å². The van der Waals surface area contributed by atoms with Crippen molar-refractivity contribution in [3.63, 3.8) is 0 Å². The molecule has 4 atom stereocenters. The van der Waals surface area contributed by atoms with Crippen LogP contribution >= 0.6 is 0 Å². The molecular weight excluding hydrogens is 300 g/mol. The van der Waals surface area contributed by atoms with E-state index in [9.17, 15) is 19.2 Å². The zero-order valence-corrected chi connectivity index (χ0v) is 12.7. The molecule has 9 heteroatoms. The molecule has 0 bridgehead atoms. The van der Waals surface area contributed by atoms with Crippen LogP contribution in [0.25, 0.3) is 0 Å². The van der Waals surface area contributed by atoms with Crippen LogP contribution < -0.4 is 0 Å². The van der Waals surface area contributed by atoms with E-state index in [0.717, 1.165) is 27.9 Å². The number of esters is 4. The predicted octanol–water partition coefficient (Wildman–Crippen LogP) is -0.647. The Balaban J connectivity index is 3.09. The Kier molecular flexibility index (Phi) is 6.29. The third-order valence-electron chi connectivity index (χ3n) is 2.78. The first-order valence-corrected chi connectivity index (χ1v) is 6.47. The van der Waals surface area contributed by atoms with E-state index in [0.29, 0.717) is 0 Å². The number of carbonyl (C=O) groups excluding carboxylic acids is 4. The van der Waals surface area contributed by atoms with Crippen LogP contribution in [0.1, 0.15) is 20.8 Å². The Bertz CT molecular complexity index is 458. The van der Waals surface area contributed by atoms with E-state index in [4.69, 9.17) is 18.9 Å². The van der Waals surface area contributed by atoms with E-state index < -0.39 is 48.3 Å². The first kappa shape index (κ1) is 17.9. The summed E-state index contributed by atoms with van der Waals surface area (Å²) in [6.45, 7) is 3.21. The number of rotatable bonds is 4. The van der Waals surface area contributed by atoms with Gasteiger partial charge in [0.2, 0.25) is 0 Å². The third-order valence-corrected chi connectivity index (χ3v) is 2.78. The molecule has 22 heavy (non-hydrogen) atoms. The number of methoxy groups -OCH3 is 1. The van der Waals surface area contributed by atoms with E-state index in [1.165, 1.54) is 0 Å². The van der Waals surface area contributed by atoms with Crippen LogP contribution in [-0.4, -0.2) is 62.0 Å². The minimum atomic E-state index is -1.29. The van der Waals surface area contributed by atoms with Gasteiger partial charge in [-0.15, -0.1) is 0 Å². The first-order chi connectivity index (χ1) is 10.3. The van der Waals surface area contributed by atoms with Crippen LogP contribution in [0, 0.1) is 0 Å². The maximum atomic E-state index is 11.7. The quantitative estimate of drug-likeness (QED) is 0.492. The van der Waals surface area contributed by atoms with Gasteiger partial charge in [-0.3, -0.25) is 14.4 Å². The molecular formula is C13H18O9. The van der Waals surface area contributed by atoms with Gasteiger partial charge in [0, 0.05) is 20.8 Å². The molecule has 1 aliphatic heterocycles. The largest absolute Gasteiger partial charge is 0.467 e. The minimum Gasteiger partial charge on any atom is -0.467 e. The normalized spacial score (nSPS) is 27.5. The number of carbonyl (C=O) groups is 4. The zero-order chi connectivity index (χ0) is 16.9. The van der Waals surface area contributed by atoms with Gasteiger partial charge in [0.05, 0.1) is 13.7 Å². The van der Waals surface area contributed by atoms with Crippen molar-refractivity contribution in [2.24, 2.45) is 0 Å². The Morgan fingerprint density at radius 3 is 1.82 bits per heavy atom. The molecule has 1 saturated heterocycles. The van der Waals surface area contributed by atoms with Crippen molar-refractivity contribution in [2.45, 2.75) is 45.2 Å². The lowest BCUT2D eigenvalue weighted by atomic mass is 9.99. The van der Waals surface area contributed by atoms with Gasteiger partial charge < -0.3 is 23.7 Å². The molecule has 124 valence electrons. The summed E-state index contributed by atoms with van der Waals surface area (Å²) in [5.74, 6) is -2.85. The highest BCUT2D eigenvalue weighted by Crippen LogP contribution is 2.25. The monoisotopic (exact) mass is 318 g/mol. The average Bonchev–Trinajstić information content (AvgIpc) is 2.40. The summed E-state index contributed by atoms with van der Waals surface area (Å²) in [4.78, 5) is 45.4. The molecule has 0 saturated carbocycles. The van der Waals surface area contributed by atoms with Crippen LogP contribution in [0.2, 0.25) is 0 Å². The zero-order valence-electron chi connectivity index (χ0n) is 12.7. The number of hydrogen-bond donors (Lipinski definition) is 0. The molecule has 1 unspecified atom stereocenters. The molecule has 1 aliphatic rings. The second-order valence-electron chi connectivity index (χ2n) is 4.57. The molecule has 0 aromatic heterocycles. The van der Waals surface area contributed by atoms with Crippen molar-refractivity contribution in [3.05, 3.63) is 0 Å². The standard InChI is InChI=1S/C13H18O9/c1-6(14)20-9-5-19-12(13(17)18-4)11(22-8(3)16)10(9)21-7(2)15/h9-12H,5H2,1-4H3/t9-,10+,11?,12-/m0/s1. The Morgan fingerprint density at radius 1 is 0.864 bits per heavy atom. The molecule has 0 amide bonds. The summed E-state index contributed by atoms with van der Waals surface area (Å²) in [6, 6.07) is 0. The highest BCUT2D eigenvalue weighted by molar-refractivity contribution is 5.77. The second-order valence-corrected chi connectivity index (χ2v) is 4.57. The van der Waals surface area contributed by atoms with E-state index >= 15 is 0 Å². The lowest BCUT2D eigenvalue weighted by Crippen LogP contribution is -2.59. The Hall–Kier alpha value is -2.16. The molecule has 0 radical (unpaired) electrons. The maximum absolute atomic E-state index is 11.7. The average molecular weight is 318 g/mol. The van der Waals surface area contributed by atoms with E-state index in [-0.39, 0.29) is 6.61 Å². The van der Waals surface area contributed by atoms with Crippen LogP contribution in [-0.2, 0) is 42.9 Å². The van der Waals surface area contributed by atoms with Crippen LogP contribution in [0.5, 0.6) is 0 Å². The number of ether oxygens (including phenoxy) is 5. The van der Waals surface area contributed by atoms with Gasteiger partial charge in [-0.1, -0.05) is 0 Å². The maximum Gasteiger partial charge on any atom is 0.339 e. The minimum absolute atomic E-state index is 0.213. The van der Waals surface area contributed by atoms with Crippen molar-refractivity contribution in [3.8, 4) is 0 Å². The first-order valence-electron chi connectivity index (χ1n) is 6.47. The van der Waals surface area contributed by atoms with E-state index in [2.05, 4.69) is 4.74 Å². The van der Waals surface area contributed by atoms with E-state index in [1.54, 1.807) is 0 Å². The highest BCUT2D eigenvalue weighted by atomic mass is 16.7. The molecule has 0 aliphatic carbocycles. The summed E-state index contributed by atoms with van der Waals surface area (Å²) in [6.07, 6.45) is -4.76. The molecule has 1 rings (SSSR count). The van der Waals surface area contributed by atoms with Gasteiger partial charge in [-0.25, -0.2) is 4.79 Å². The van der Waals surface area contributed by atoms with Crippen LogP contribution in [0.15, 0.2) is 0 Å². The van der Waals surface area contributed by atoms with Gasteiger partial charge in [0.1, 0.15) is 0 Å². The van der Waals surface area contributed by atoms with Gasteiger partial charge in [0.25, 0.3) is 0 Å². The van der Waals surface area contributed by atoms with Crippen LogP contribution in [0.3, 0.4) is 0 Å². The van der Waals surface area contributed by atoms with Crippen LogP contribution in [0.4, 0.5) is 0 Å². The fourth-order valence-corrected chi connectivity index (χ4v) is 2.06. The highest BCUT2D eigenvalue weighted by Gasteiger charge is 2.50. The summed E-state index contributed by atoms with van der Waals surface area (Å²) in [7, 11) is 1.13. The predicted molar refractivity (Wildman–Crippen MR) is 68.4 cm³/mol. The molecule has 1 fully saturated rings. The third kappa shape index (κ3) is 4.69. The summed E-state index contributed by atoms with van der Waals surface area (Å²) in [5.41, 5.74) is 0. The van der Waals surface area contributed by atoms with Crippen molar-refractivity contribution in [2.75, 3.05) is 13.7 Å². The van der Waals surface area contributed by atoms with Crippen molar-refractivity contribution < 1.29 is 42.9 Å². The summed E-state index contributed by atoms with van der Waals surface area (Å²) in [5, 5.41) is 0. The molecule has 9 nitrogen and oxygen atoms in total. The van der Waals surface area contributed by atoms with Gasteiger partial charge in [0.15, 0.2) is 24.4 Å². The Labute approximate surface area is 126 Å². The summed E-state index contributed by atoms with van der Waals surface area (Å²) < 4.78 is 24.9. The number of hydrogen-bond acceptors (Lipinski definition) is 9. The van der Waals surface area contributed by atoms with Gasteiger partial charge >= 0.3 is 23.9 Å². The van der Waals surface area contributed by atoms with Crippen molar-refractivity contribution >= 4 is 23.9 Å². The fourth-order valence-electron chi connectivity index (χ4n) is 2.06. The SMILES string of the molecule is COC(=O)[C@H]1OC[C@H](OC(C)=O)[C@@H](OC(C)=O)C1OC(C)=O. The smallest absolute Gasteiger partial charge is 0.339 e. The molecule has 0 aromatic rings. The van der Waals surface area contributed by atoms with Gasteiger partial charge in [-0.2, -0.15) is 0 Å². The lowest BCUT2D eigenvalue weighted by molar-refractivity contribution is -0.229. The van der Waals surface area contributed by atoms with Crippen molar-refractivity contribution in [1.29, 1.82) is 0 Å². The molecule has 1 heterocycles. The fraction of sp³-hybridized carbons (Fsp3) is 0.692. The lowest BCUT2D eigenvalue weighted by Gasteiger charge is -2.39. The Morgan fingerprint density at radius 2 is 1.36 bits per heavy atom. The molecule has 0 N–H and O–H groups in total. The second kappa shape index (κ2) is 7.74. The molecule has 0 aromatic carbocycles. The van der Waals surface area contributed by atoms with Crippen molar-refractivity contribution in [1.82, 2.24) is 0 Å². The topological polar surface area (TPSA) is 114 Å². The van der Waals surface area contributed by atoms with E-state index in [1.807, 2.05) is 0 Å².